The van der Waals surface area contributed by atoms with Gasteiger partial charge in [-0.1, -0.05) is 54.1 Å². The SMILES string of the molecule is COc1cc(/C=C2/C(=O)NC(=O)N(c3ccc(C)c(Cl)c3)C2=O)cc(I)c1OCc1ccc2ccccc2c1. The van der Waals surface area contributed by atoms with E-state index in [0.29, 0.717) is 28.7 Å². The van der Waals surface area contributed by atoms with E-state index in [1.807, 2.05) is 25.1 Å². The third-order valence-electron chi connectivity index (χ3n) is 6.28. The molecule has 9 heteroatoms. The van der Waals surface area contributed by atoms with Crippen LogP contribution in [0.15, 0.2) is 78.4 Å². The molecule has 0 saturated carbocycles. The fourth-order valence-corrected chi connectivity index (χ4v) is 5.18. The standard InChI is InChI=1S/C30H22ClIN2O5/c1-17-7-10-22(15-24(17)31)34-29(36)23(28(35)33-30(34)37)12-19-13-25(32)27(26(14-19)38-2)39-16-18-8-9-20-5-3-4-6-21(20)11-18/h3-15H,16H2,1-2H3,(H,33,35,37)/b23-12-. The van der Waals surface area contributed by atoms with E-state index >= 15 is 0 Å². The molecule has 0 bridgehead atoms. The number of ether oxygens (including phenoxy) is 2. The van der Waals surface area contributed by atoms with Gasteiger partial charge < -0.3 is 9.47 Å². The molecular formula is C30H22ClIN2O5. The maximum absolute atomic E-state index is 13.3. The molecule has 39 heavy (non-hydrogen) atoms. The fraction of sp³-hybridized carbons (Fsp3) is 0.100. The van der Waals surface area contributed by atoms with E-state index in [4.69, 9.17) is 21.1 Å². The van der Waals surface area contributed by atoms with E-state index in [9.17, 15) is 14.4 Å². The van der Waals surface area contributed by atoms with E-state index in [0.717, 1.165) is 30.4 Å². The molecule has 0 spiro atoms. The summed E-state index contributed by atoms with van der Waals surface area (Å²) in [5.74, 6) is -0.560. The number of benzene rings is 4. The summed E-state index contributed by atoms with van der Waals surface area (Å²) in [6.45, 7) is 2.14. The molecule has 1 heterocycles. The van der Waals surface area contributed by atoms with E-state index < -0.39 is 17.8 Å². The summed E-state index contributed by atoms with van der Waals surface area (Å²) in [5.41, 5.74) is 2.39. The van der Waals surface area contributed by atoms with Gasteiger partial charge in [-0.3, -0.25) is 14.9 Å². The lowest BCUT2D eigenvalue weighted by Gasteiger charge is -2.26. The third-order valence-corrected chi connectivity index (χ3v) is 7.48. The molecule has 0 aliphatic carbocycles. The van der Waals surface area contributed by atoms with Crippen molar-refractivity contribution in [1.82, 2.24) is 5.32 Å². The molecule has 0 aromatic heterocycles. The number of carbonyl (C=O) groups excluding carboxylic acids is 3. The molecule has 0 unspecified atom stereocenters. The van der Waals surface area contributed by atoms with Gasteiger partial charge in [-0.15, -0.1) is 0 Å². The lowest BCUT2D eigenvalue weighted by molar-refractivity contribution is -0.122. The summed E-state index contributed by atoms with van der Waals surface area (Å²) in [4.78, 5) is 39.4. The number of methoxy groups -OCH3 is 1. The maximum atomic E-state index is 13.3. The van der Waals surface area contributed by atoms with E-state index in [-0.39, 0.29) is 11.3 Å². The predicted octanol–water partition coefficient (Wildman–Crippen LogP) is 6.66. The number of imide groups is 2. The Bertz CT molecular complexity index is 1680. The zero-order valence-corrected chi connectivity index (χ0v) is 23.9. The minimum absolute atomic E-state index is 0.200. The van der Waals surface area contributed by atoms with Crippen molar-refractivity contribution in [2.24, 2.45) is 0 Å². The van der Waals surface area contributed by atoms with Crippen molar-refractivity contribution in [2.45, 2.75) is 13.5 Å². The van der Waals surface area contributed by atoms with Crippen LogP contribution in [0.2, 0.25) is 5.02 Å². The number of aryl methyl sites for hydroxylation is 1. The molecule has 7 nitrogen and oxygen atoms in total. The number of anilines is 1. The first-order valence-corrected chi connectivity index (χ1v) is 13.4. The van der Waals surface area contributed by atoms with Crippen molar-refractivity contribution in [2.75, 3.05) is 12.0 Å². The first-order chi connectivity index (χ1) is 18.7. The second-order valence-corrected chi connectivity index (χ2v) is 10.5. The number of hydrogen-bond acceptors (Lipinski definition) is 5. The highest BCUT2D eigenvalue weighted by molar-refractivity contribution is 14.1. The summed E-state index contributed by atoms with van der Waals surface area (Å²) < 4.78 is 12.4. The van der Waals surface area contributed by atoms with Crippen LogP contribution in [-0.2, 0) is 16.2 Å². The minimum Gasteiger partial charge on any atom is -0.493 e. The molecule has 4 amide bonds. The zero-order chi connectivity index (χ0) is 27.7. The van der Waals surface area contributed by atoms with Crippen LogP contribution in [0.25, 0.3) is 16.8 Å². The average molecular weight is 653 g/mol. The lowest BCUT2D eigenvalue weighted by atomic mass is 10.1. The van der Waals surface area contributed by atoms with E-state index in [2.05, 4.69) is 52.2 Å². The summed E-state index contributed by atoms with van der Waals surface area (Å²) in [7, 11) is 1.52. The number of nitrogens with one attached hydrogen (secondary N) is 1. The van der Waals surface area contributed by atoms with Crippen LogP contribution < -0.4 is 19.7 Å². The molecule has 196 valence electrons. The number of carbonyl (C=O) groups is 3. The Labute approximate surface area is 243 Å². The second-order valence-electron chi connectivity index (χ2n) is 8.90. The predicted molar refractivity (Wildman–Crippen MR) is 159 cm³/mol. The third kappa shape index (κ3) is 5.48. The number of rotatable bonds is 6. The van der Waals surface area contributed by atoms with Gasteiger partial charge in [-0.05, 0) is 93.4 Å². The van der Waals surface area contributed by atoms with Gasteiger partial charge in [0.15, 0.2) is 11.5 Å². The quantitative estimate of drug-likeness (QED) is 0.143. The fourth-order valence-electron chi connectivity index (χ4n) is 4.23. The summed E-state index contributed by atoms with van der Waals surface area (Å²) in [6.07, 6.45) is 1.42. The Morgan fingerprint density at radius 2 is 1.74 bits per heavy atom. The lowest BCUT2D eigenvalue weighted by Crippen LogP contribution is -2.54. The summed E-state index contributed by atoms with van der Waals surface area (Å²) >= 11 is 8.32. The largest absolute Gasteiger partial charge is 0.493 e. The number of fused-ring (bicyclic) bond motifs is 1. The van der Waals surface area contributed by atoms with Gasteiger partial charge in [-0.2, -0.15) is 0 Å². The molecule has 5 rings (SSSR count). The van der Waals surface area contributed by atoms with E-state index in [1.165, 1.54) is 19.3 Å². The minimum atomic E-state index is -0.841. The number of hydrogen-bond donors (Lipinski definition) is 1. The molecule has 1 aliphatic heterocycles. The zero-order valence-electron chi connectivity index (χ0n) is 21.0. The highest BCUT2D eigenvalue weighted by atomic mass is 127. The first-order valence-electron chi connectivity index (χ1n) is 11.9. The summed E-state index contributed by atoms with van der Waals surface area (Å²) in [6, 6.07) is 21.7. The highest BCUT2D eigenvalue weighted by Gasteiger charge is 2.37. The molecule has 0 atom stereocenters. The second kappa shape index (κ2) is 11.1. The molecule has 1 saturated heterocycles. The van der Waals surface area contributed by atoms with Crippen LogP contribution in [0, 0.1) is 10.5 Å². The molecule has 0 radical (unpaired) electrons. The van der Waals surface area contributed by atoms with Crippen LogP contribution in [0.5, 0.6) is 11.5 Å². The topological polar surface area (TPSA) is 84.9 Å². The molecule has 1 N–H and O–H groups in total. The Balaban J connectivity index is 1.42. The Morgan fingerprint density at radius 3 is 2.49 bits per heavy atom. The maximum Gasteiger partial charge on any atom is 0.335 e. The van der Waals surface area contributed by atoms with Crippen molar-refractivity contribution in [1.29, 1.82) is 0 Å². The normalized spacial score (nSPS) is 14.6. The molecule has 4 aromatic rings. The molecule has 4 aromatic carbocycles. The number of halogens is 2. The number of barbiturate groups is 1. The van der Waals surface area contributed by atoms with Crippen LogP contribution >= 0.6 is 34.2 Å². The van der Waals surface area contributed by atoms with Crippen LogP contribution in [0.4, 0.5) is 10.5 Å². The van der Waals surface area contributed by atoms with Gasteiger partial charge in [0.1, 0.15) is 12.2 Å². The van der Waals surface area contributed by atoms with Gasteiger partial charge in [0.25, 0.3) is 11.8 Å². The molecule has 1 fully saturated rings. The van der Waals surface area contributed by atoms with Gasteiger partial charge in [-0.25, -0.2) is 9.69 Å². The van der Waals surface area contributed by atoms with Crippen LogP contribution in [0.3, 0.4) is 0 Å². The van der Waals surface area contributed by atoms with Crippen molar-refractivity contribution in [3.05, 3.63) is 104 Å². The highest BCUT2D eigenvalue weighted by Crippen LogP contribution is 2.36. The van der Waals surface area contributed by atoms with Gasteiger partial charge >= 0.3 is 6.03 Å². The van der Waals surface area contributed by atoms with Gasteiger partial charge in [0.05, 0.1) is 16.4 Å². The van der Waals surface area contributed by atoms with Crippen LogP contribution in [0.1, 0.15) is 16.7 Å². The number of urea groups is 1. The molecular weight excluding hydrogens is 631 g/mol. The number of amides is 4. The Kier molecular flexibility index (Phi) is 7.58. The van der Waals surface area contributed by atoms with Crippen molar-refractivity contribution < 1.29 is 23.9 Å². The Hall–Kier alpha value is -3.89. The number of nitrogens with zero attached hydrogens (tertiary/aromatic N) is 1. The summed E-state index contributed by atoms with van der Waals surface area (Å²) in [5, 5.41) is 4.90. The van der Waals surface area contributed by atoms with Gasteiger partial charge in [0, 0.05) is 5.02 Å². The monoisotopic (exact) mass is 652 g/mol. The molecule has 1 aliphatic rings. The van der Waals surface area contributed by atoms with Crippen LogP contribution in [-0.4, -0.2) is 25.0 Å². The van der Waals surface area contributed by atoms with Gasteiger partial charge in [0.2, 0.25) is 0 Å². The average Bonchev–Trinajstić information content (AvgIpc) is 2.92. The van der Waals surface area contributed by atoms with E-state index in [1.54, 1.807) is 24.3 Å². The smallest absolute Gasteiger partial charge is 0.335 e. The Morgan fingerprint density at radius 1 is 0.974 bits per heavy atom. The van der Waals surface area contributed by atoms with Crippen molar-refractivity contribution in [3.63, 3.8) is 0 Å². The van der Waals surface area contributed by atoms with Crippen molar-refractivity contribution >= 4 is 74.6 Å². The van der Waals surface area contributed by atoms with Crippen molar-refractivity contribution in [3.8, 4) is 11.5 Å². The first kappa shape index (κ1) is 26.7.